The van der Waals surface area contributed by atoms with Gasteiger partial charge in [-0.2, -0.15) is 0 Å². The van der Waals surface area contributed by atoms with Gasteiger partial charge in [0.05, 0.1) is 13.0 Å². The summed E-state index contributed by atoms with van der Waals surface area (Å²) in [5.74, 6) is 1.08. The summed E-state index contributed by atoms with van der Waals surface area (Å²) in [6, 6.07) is 8.30. The van der Waals surface area contributed by atoms with Crippen molar-refractivity contribution in [3.05, 3.63) is 29.8 Å². The molecular formula is C22H31N3O3. The number of fused-ring (bicyclic) bond motifs is 1. The second-order valence-electron chi connectivity index (χ2n) is 8.18. The molecule has 1 aromatic carbocycles. The minimum atomic E-state index is 0.131. The van der Waals surface area contributed by atoms with E-state index in [-0.39, 0.29) is 11.8 Å². The molecule has 0 saturated carbocycles. The van der Waals surface area contributed by atoms with E-state index in [1.807, 2.05) is 11.0 Å². The maximum Gasteiger partial charge on any atom is 0.248 e. The van der Waals surface area contributed by atoms with Crippen LogP contribution in [0, 0.1) is 5.92 Å². The van der Waals surface area contributed by atoms with Crippen molar-refractivity contribution in [1.82, 2.24) is 9.96 Å². The Morgan fingerprint density at radius 2 is 1.75 bits per heavy atom. The van der Waals surface area contributed by atoms with Gasteiger partial charge in [-0.3, -0.25) is 14.4 Å². The number of benzene rings is 1. The molecule has 3 heterocycles. The maximum atomic E-state index is 12.4. The third-order valence-electron chi connectivity index (χ3n) is 6.34. The van der Waals surface area contributed by atoms with Crippen LogP contribution in [0.4, 0.5) is 5.69 Å². The van der Waals surface area contributed by atoms with Crippen molar-refractivity contribution in [1.29, 1.82) is 0 Å². The Kier molecular flexibility index (Phi) is 6.27. The molecule has 1 aromatic rings. The van der Waals surface area contributed by atoms with Crippen LogP contribution in [0.2, 0.25) is 0 Å². The maximum absolute atomic E-state index is 12.4. The number of likely N-dealkylation sites (tertiary alicyclic amines) is 1. The fourth-order valence-corrected chi connectivity index (χ4v) is 4.62. The van der Waals surface area contributed by atoms with Gasteiger partial charge in [-0.1, -0.05) is 18.2 Å². The fourth-order valence-electron chi connectivity index (χ4n) is 4.62. The first-order valence-corrected chi connectivity index (χ1v) is 10.7. The minimum Gasteiger partial charge on any atom is -0.312 e. The summed E-state index contributed by atoms with van der Waals surface area (Å²) < 4.78 is 0. The molecule has 0 spiro atoms. The van der Waals surface area contributed by atoms with E-state index in [1.54, 1.807) is 5.06 Å². The molecular weight excluding hydrogens is 354 g/mol. The average Bonchev–Trinajstić information content (AvgIpc) is 3.14. The summed E-state index contributed by atoms with van der Waals surface area (Å²) in [7, 11) is 0. The van der Waals surface area contributed by atoms with Crippen molar-refractivity contribution in [3.8, 4) is 0 Å². The normalized spacial score (nSPS) is 21.4. The number of nitrogens with zero attached hydrogens (tertiary/aromatic N) is 3. The van der Waals surface area contributed by atoms with Crippen molar-refractivity contribution in [2.75, 3.05) is 44.2 Å². The number of hydrogen-bond donors (Lipinski definition) is 0. The van der Waals surface area contributed by atoms with Gasteiger partial charge in [0, 0.05) is 25.2 Å². The van der Waals surface area contributed by atoms with Crippen LogP contribution in [-0.2, 0) is 20.8 Å². The molecule has 0 aromatic heterocycles. The molecule has 2 fully saturated rings. The third kappa shape index (κ3) is 4.55. The van der Waals surface area contributed by atoms with Gasteiger partial charge in [-0.15, -0.1) is 0 Å². The number of carbonyl (C=O) groups excluding carboxylic acids is 2. The van der Waals surface area contributed by atoms with E-state index in [0.29, 0.717) is 25.4 Å². The van der Waals surface area contributed by atoms with Gasteiger partial charge in [0.15, 0.2) is 0 Å². The van der Waals surface area contributed by atoms with Gasteiger partial charge < -0.3 is 9.80 Å². The van der Waals surface area contributed by atoms with E-state index >= 15 is 0 Å². The zero-order valence-electron chi connectivity index (χ0n) is 16.6. The summed E-state index contributed by atoms with van der Waals surface area (Å²) in [4.78, 5) is 33.8. The highest BCUT2D eigenvalue weighted by atomic mass is 16.7. The van der Waals surface area contributed by atoms with E-state index < -0.39 is 0 Å². The lowest BCUT2D eigenvalue weighted by atomic mass is 9.93. The van der Waals surface area contributed by atoms with Gasteiger partial charge in [0.25, 0.3) is 0 Å². The van der Waals surface area contributed by atoms with Crippen molar-refractivity contribution in [3.63, 3.8) is 0 Å². The Bertz CT molecular complexity index is 700. The van der Waals surface area contributed by atoms with Crippen LogP contribution < -0.4 is 4.90 Å². The first-order valence-electron chi connectivity index (χ1n) is 10.7. The van der Waals surface area contributed by atoms with Crippen molar-refractivity contribution in [2.45, 2.75) is 44.9 Å². The number of hydroxylamine groups is 2. The number of amides is 2. The molecule has 2 saturated heterocycles. The summed E-state index contributed by atoms with van der Waals surface area (Å²) >= 11 is 0. The number of aryl methyl sites for hydroxylation is 1. The van der Waals surface area contributed by atoms with Crippen LogP contribution in [0.25, 0.3) is 0 Å². The molecule has 0 aliphatic carbocycles. The monoisotopic (exact) mass is 385 g/mol. The number of hydrogen-bond acceptors (Lipinski definition) is 4. The number of para-hydroxylation sites is 1. The molecule has 6 heteroatoms. The van der Waals surface area contributed by atoms with Crippen LogP contribution in [0.15, 0.2) is 24.3 Å². The summed E-state index contributed by atoms with van der Waals surface area (Å²) in [5, 5.41) is 1.56. The molecule has 0 unspecified atom stereocenters. The largest absolute Gasteiger partial charge is 0.312 e. The summed E-state index contributed by atoms with van der Waals surface area (Å²) in [5.41, 5.74) is 2.40. The van der Waals surface area contributed by atoms with Crippen molar-refractivity contribution in [2.24, 2.45) is 5.92 Å². The highest BCUT2D eigenvalue weighted by Gasteiger charge is 2.26. The Labute approximate surface area is 167 Å². The van der Waals surface area contributed by atoms with Gasteiger partial charge >= 0.3 is 0 Å². The van der Waals surface area contributed by atoms with Gasteiger partial charge in [-0.25, -0.2) is 5.06 Å². The van der Waals surface area contributed by atoms with Crippen LogP contribution in [0.3, 0.4) is 0 Å². The standard InChI is InChI=1S/C22H31N3O3/c26-21-7-6-19-4-1-2-5-20(19)24(21)13-3-12-23-14-8-18(9-15-23)10-16-25-22(27)11-17-28-25/h1-2,4-5,18H,3,6-17H2. The third-order valence-corrected chi connectivity index (χ3v) is 6.34. The van der Waals surface area contributed by atoms with Gasteiger partial charge in [0.1, 0.15) is 0 Å². The van der Waals surface area contributed by atoms with E-state index in [1.165, 1.54) is 18.4 Å². The van der Waals surface area contributed by atoms with Crippen molar-refractivity contribution < 1.29 is 14.4 Å². The molecule has 0 N–H and O–H groups in total. The average molecular weight is 386 g/mol. The molecule has 28 heavy (non-hydrogen) atoms. The second-order valence-corrected chi connectivity index (χ2v) is 8.18. The molecule has 4 rings (SSSR count). The molecule has 0 bridgehead atoms. The molecule has 6 nitrogen and oxygen atoms in total. The van der Waals surface area contributed by atoms with Crippen LogP contribution >= 0.6 is 0 Å². The molecule has 3 aliphatic rings. The zero-order valence-corrected chi connectivity index (χ0v) is 16.6. The van der Waals surface area contributed by atoms with E-state index in [2.05, 4.69) is 23.1 Å². The lowest BCUT2D eigenvalue weighted by Crippen LogP contribution is -2.39. The summed E-state index contributed by atoms with van der Waals surface area (Å²) in [6.45, 7) is 5.37. The fraction of sp³-hybridized carbons (Fsp3) is 0.636. The van der Waals surface area contributed by atoms with E-state index in [4.69, 9.17) is 4.84 Å². The first-order chi connectivity index (χ1) is 13.7. The van der Waals surface area contributed by atoms with Crippen LogP contribution in [0.1, 0.15) is 44.1 Å². The number of carbonyl (C=O) groups is 2. The number of piperidine rings is 1. The number of anilines is 1. The SMILES string of the molecule is O=C1CCON1CCC1CCN(CCCN2C(=O)CCc3ccccc32)CC1. The molecule has 3 aliphatic heterocycles. The van der Waals surface area contributed by atoms with Gasteiger partial charge in [0.2, 0.25) is 11.8 Å². The highest BCUT2D eigenvalue weighted by molar-refractivity contribution is 5.96. The van der Waals surface area contributed by atoms with E-state index in [0.717, 1.165) is 57.7 Å². The minimum absolute atomic E-state index is 0.131. The Hall–Kier alpha value is -1.92. The van der Waals surface area contributed by atoms with Gasteiger partial charge in [-0.05, 0) is 69.3 Å². The topological polar surface area (TPSA) is 53.1 Å². The zero-order chi connectivity index (χ0) is 19.3. The molecule has 152 valence electrons. The van der Waals surface area contributed by atoms with Crippen LogP contribution in [0.5, 0.6) is 0 Å². The summed E-state index contributed by atoms with van der Waals surface area (Å²) in [6.07, 6.45) is 6.46. The first kappa shape index (κ1) is 19.4. The molecule has 2 amide bonds. The van der Waals surface area contributed by atoms with Crippen LogP contribution in [-0.4, -0.2) is 61.1 Å². The lowest BCUT2D eigenvalue weighted by Gasteiger charge is -2.34. The van der Waals surface area contributed by atoms with E-state index in [9.17, 15) is 9.59 Å². The Balaban J connectivity index is 1.17. The van der Waals surface area contributed by atoms with Crippen molar-refractivity contribution >= 4 is 17.5 Å². The predicted molar refractivity (Wildman–Crippen MR) is 108 cm³/mol. The highest BCUT2D eigenvalue weighted by Crippen LogP contribution is 2.28. The molecule has 0 radical (unpaired) electrons. The Morgan fingerprint density at radius 1 is 0.929 bits per heavy atom. The Morgan fingerprint density at radius 3 is 2.54 bits per heavy atom. The number of rotatable bonds is 7. The second kappa shape index (κ2) is 9.05. The molecule has 0 atom stereocenters. The lowest BCUT2D eigenvalue weighted by molar-refractivity contribution is -0.162. The predicted octanol–water partition coefficient (Wildman–Crippen LogP) is 2.62. The smallest absolute Gasteiger partial charge is 0.248 e. The quantitative estimate of drug-likeness (QED) is 0.724.